The number of pyridine rings is 1. The molecule has 0 aliphatic carbocycles. The molecule has 0 fully saturated rings. The van der Waals surface area contributed by atoms with Crippen molar-refractivity contribution in [3.05, 3.63) is 72.4 Å². The molecule has 0 unspecified atom stereocenters. The molecule has 0 saturated carbocycles. The van der Waals surface area contributed by atoms with E-state index in [9.17, 15) is 4.79 Å². The van der Waals surface area contributed by atoms with Crippen molar-refractivity contribution in [2.75, 3.05) is 36.7 Å². The number of carbonyl (C=O) groups is 1. The van der Waals surface area contributed by atoms with Crippen LogP contribution in [0, 0.1) is 0 Å². The van der Waals surface area contributed by atoms with Gasteiger partial charge in [-0.05, 0) is 54.6 Å². The number of nitrogens with one attached hydrogen (secondary N) is 2. The first-order valence-corrected chi connectivity index (χ1v) is 8.51. The molecule has 1 amide bonds. The summed E-state index contributed by atoms with van der Waals surface area (Å²) in [6, 6.07) is 18.7. The number of ether oxygens (including phenoxy) is 1. The highest BCUT2D eigenvalue weighted by Gasteiger charge is 2.07. The highest BCUT2D eigenvalue weighted by molar-refractivity contribution is 6.04. The van der Waals surface area contributed by atoms with Gasteiger partial charge in [0.05, 0.1) is 19.0 Å². The monoisotopic (exact) mass is 362 g/mol. The normalized spacial score (nSPS) is 10.2. The fourth-order valence-corrected chi connectivity index (χ4v) is 2.50. The van der Waals surface area contributed by atoms with Gasteiger partial charge in [0.1, 0.15) is 11.6 Å². The van der Waals surface area contributed by atoms with E-state index in [0.29, 0.717) is 22.8 Å². The zero-order chi connectivity index (χ0) is 19.2. The van der Waals surface area contributed by atoms with E-state index in [1.165, 1.54) is 0 Å². The molecule has 0 radical (unpaired) electrons. The van der Waals surface area contributed by atoms with Crippen LogP contribution in [0.2, 0.25) is 0 Å². The smallest absolute Gasteiger partial charge is 0.255 e. The first kappa shape index (κ1) is 18.3. The molecule has 0 aliphatic rings. The van der Waals surface area contributed by atoms with Gasteiger partial charge in [0.15, 0.2) is 0 Å². The van der Waals surface area contributed by atoms with Gasteiger partial charge in [-0.3, -0.25) is 4.79 Å². The maximum Gasteiger partial charge on any atom is 0.255 e. The molecule has 0 aliphatic heterocycles. The summed E-state index contributed by atoms with van der Waals surface area (Å²) < 4.78 is 5.14. The van der Waals surface area contributed by atoms with Crippen molar-refractivity contribution in [3.8, 4) is 5.75 Å². The van der Waals surface area contributed by atoms with Crippen molar-refractivity contribution in [3.63, 3.8) is 0 Å². The van der Waals surface area contributed by atoms with Gasteiger partial charge in [0.2, 0.25) is 0 Å². The van der Waals surface area contributed by atoms with Crippen LogP contribution in [-0.2, 0) is 0 Å². The van der Waals surface area contributed by atoms with E-state index in [4.69, 9.17) is 4.74 Å². The van der Waals surface area contributed by atoms with E-state index in [-0.39, 0.29) is 5.91 Å². The van der Waals surface area contributed by atoms with Crippen molar-refractivity contribution < 1.29 is 9.53 Å². The molecule has 6 heteroatoms. The van der Waals surface area contributed by atoms with Crippen LogP contribution in [0.5, 0.6) is 5.75 Å². The summed E-state index contributed by atoms with van der Waals surface area (Å²) in [7, 11) is 5.58. The van der Waals surface area contributed by atoms with E-state index in [2.05, 4.69) is 15.6 Å². The van der Waals surface area contributed by atoms with Crippen molar-refractivity contribution in [1.29, 1.82) is 0 Å². The fourth-order valence-electron chi connectivity index (χ4n) is 2.50. The Morgan fingerprint density at radius 1 is 1.00 bits per heavy atom. The summed E-state index contributed by atoms with van der Waals surface area (Å²) in [6.07, 6.45) is 1.62. The van der Waals surface area contributed by atoms with Crippen molar-refractivity contribution in [2.45, 2.75) is 0 Å². The average Bonchev–Trinajstić information content (AvgIpc) is 2.70. The highest BCUT2D eigenvalue weighted by atomic mass is 16.5. The number of benzene rings is 2. The lowest BCUT2D eigenvalue weighted by atomic mass is 10.2. The second kappa shape index (κ2) is 8.23. The third kappa shape index (κ3) is 4.76. The van der Waals surface area contributed by atoms with E-state index in [1.807, 2.05) is 55.4 Å². The summed E-state index contributed by atoms with van der Waals surface area (Å²) in [5.74, 6) is 1.13. The van der Waals surface area contributed by atoms with Crippen LogP contribution >= 0.6 is 0 Å². The summed E-state index contributed by atoms with van der Waals surface area (Å²) in [4.78, 5) is 18.7. The lowest BCUT2D eigenvalue weighted by Crippen LogP contribution is -2.12. The van der Waals surface area contributed by atoms with E-state index >= 15 is 0 Å². The Morgan fingerprint density at radius 2 is 1.74 bits per heavy atom. The molecule has 0 saturated heterocycles. The number of rotatable bonds is 6. The number of carbonyl (C=O) groups excluding carboxylic acids is 1. The number of aromatic nitrogens is 1. The minimum absolute atomic E-state index is 0.212. The van der Waals surface area contributed by atoms with Gasteiger partial charge >= 0.3 is 0 Å². The van der Waals surface area contributed by atoms with Crippen molar-refractivity contribution in [2.24, 2.45) is 0 Å². The van der Waals surface area contributed by atoms with Gasteiger partial charge < -0.3 is 20.3 Å². The van der Waals surface area contributed by atoms with Gasteiger partial charge in [0, 0.05) is 31.0 Å². The minimum atomic E-state index is -0.212. The van der Waals surface area contributed by atoms with Crippen LogP contribution in [-0.4, -0.2) is 32.1 Å². The largest absolute Gasteiger partial charge is 0.497 e. The molecule has 1 heterocycles. The third-order valence-electron chi connectivity index (χ3n) is 4.01. The molecule has 3 rings (SSSR count). The standard InChI is InChI=1S/C21H22N4O2/c1-25(2)18-10-7-16(8-11-18)23-20-12-9-17(14-22-20)24-21(26)15-5-4-6-19(13-15)27-3/h4-14H,1-3H3,(H,22,23)(H,24,26). The Kier molecular flexibility index (Phi) is 5.56. The second-order valence-corrected chi connectivity index (χ2v) is 6.18. The second-order valence-electron chi connectivity index (χ2n) is 6.18. The predicted molar refractivity (Wildman–Crippen MR) is 109 cm³/mol. The maximum absolute atomic E-state index is 12.3. The Labute approximate surface area is 158 Å². The van der Waals surface area contributed by atoms with Crippen LogP contribution in [0.15, 0.2) is 66.9 Å². The summed E-state index contributed by atoms with van der Waals surface area (Å²) in [6.45, 7) is 0. The van der Waals surface area contributed by atoms with E-state index in [0.717, 1.165) is 11.4 Å². The van der Waals surface area contributed by atoms with Gasteiger partial charge in [-0.2, -0.15) is 0 Å². The number of amides is 1. The number of anilines is 4. The Balaban J connectivity index is 1.63. The Hall–Kier alpha value is -3.54. The molecule has 2 N–H and O–H groups in total. The quantitative estimate of drug-likeness (QED) is 0.689. The Bertz CT molecular complexity index is 906. The number of hydrogen-bond acceptors (Lipinski definition) is 5. The van der Waals surface area contributed by atoms with Gasteiger partial charge in [-0.1, -0.05) is 6.07 Å². The van der Waals surface area contributed by atoms with Gasteiger partial charge in [0.25, 0.3) is 5.91 Å². The van der Waals surface area contributed by atoms with Gasteiger partial charge in [-0.15, -0.1) is 0 Å². The number of nitrogens with zero attached hydrogens (tertiary/aromatic N) is 2. The molecule has 0 atom stereocenters. The van der Waals surface area contributed by atoms with E-state index < -0.39 is 0 Å². The molecule has 2 aromatic carbocycles. The topological polar surface area (TPSA) is 66.5 Å². The van der Waals surface area contributed by atoms with Crippen molar-refractivity contribution >= 4 is 28.8 Å². The summed E-state index contributed by atoms with van der Waals surface area (Å²) in [5.41, 5.74) is 3.22. The molecule has 6 nitrogen and oxygen atoms in total. The fraction of sp³-hybridized carbons (Fsp3) is 0.143. The number of methoxy groups -OCH3 is 1. The van der Waals surface area contributed by atoms with Crippen LogP contribution in [0.25, 0.3) is 0 Å². The molecule has 1 aromatic heterocycles. The van der Waals surface area contributed by atoms with Gasteiger partial charge in [-0.25, -0.2) is 4.98 Å². The zero-order valence-corrected chi connectivity index (χ0v) is 15.6. The first-order chi connectivity index (χ1) is 13.0. The highest BCUT2D eigenvalue weighted by Crippen LogP contribution is 2.20. The van der Waals surface area contributed by atoms with E-state index in [1.54, 1.807) is 37.6 Å². The van der Waals surface area contributed by atoms with Crippen LogP contribution in [0.3, 0.4) is 0 Å². The lowest BCUT2D eigenvalue weighted by Gasteiger charge is -2.13. The maximum atomic E-state index is 12.3. The molecular weight excluding hydrogens is 340 g/mol. The third-order valence-corrected chi connectivity index (χ3v) is 4.01. The van der Waals surface area contributed by atoms with Crippen molar-refractivity contribution in [1.82, 2.24) is 4.98 Å². The average molecular weight is 362 g/mol. The summed E-state index contributed by atoms with van der Waals surface area (Å²) in [5, 5.41) is 6.07. The SMILES string of the molecule is COc1cccc(C(=O)Nc2ccc(Nc3ccc(N(C)C)cc3)nc2)c1. The summed E-state index contributed by atoms with van der Waals surface area (Å²) >= 11 is 0. The van der Waals surface area contributed by atoms with Crippen LogP contribution in [0.1, 0.15) is 10.4 Å². The first-order valence-electron chi connectivity index (χ1n) is 8.51. The zero-order valence-electron chi connectivity index (χ0n) is 15.6. The molecular formula is C21H22N4O2. The predicted octanol–water partition coefficient (Wildman–Crippen LogP) is 4.15. The lowest BCUT2D eigenvalue weighted by molar-refractivity contribution is 0.102. The Morgan fingerprint density at radius 3 is 2.37 bits per heavy atom. The number of hydrogen-bond donors (Lipinski definition) is 2. The molecule has 138 valence electrons. The molecule has 0 spiro atoms. The van der Waals surface area contributed by atoms with Crippen LogP contribution in [0.4, 0.5) is 22.9 Å². The van der Waals surface area contributed by atoms with Crippen LogP contribution < -0.4 is 20.3 Å². The molecule has 27 heavy (non-hydrogen) atoms. The molecule has 3 aromatic rings. The molecule has 0 bridgehead atoms. The minimum Gasteiger partial charge on any atom is -0.497 e.